The highest BCUT2D eigenvalue weighted by Crippen LogP contribution is 2.09. The summed E-state index contributed by atoms with van der Waals surface area (Å²) < 4.78 is 27.3. The number of esters is 1. The van der Waals surface area contributed by atoms with Crippen LogP contribution in [-0.4, -0.2) is 50.1 Å². The van der Waals surface area contributed by atoms with Crippen LogP contribution in [0.4, 0.5) is 0 Å². The second-order valence-electron chi connectivity index (χ2n) is 3.10. The topological polar surface area (TPSA) is 124 Å². The van der Waals surface area contributed by atoms with Crippen molar-refractivity contribution in [1.29, 1.82) is 0 Å². The number of carboxylic acids is 1. The zero-order valence-corrected chi connectivity index (χ0v) is 9.70. The van der Waals surface area contributed by atoms with Crippen molar-refractivity contribution in [3.8, 4) is 0 Å². The Morgan fingerprint density at radius 1 is 1.44 bits per heavy atom. The fourth-order valence-electron chi connectivity index (χ4n) is 1.08. The fourth-order valence-corrected chi connectivity index (χ4v) is 2.62. The van der Waals surface area contributed by atoms with Gasteiger partial charge in [0.15, 0.2) is 15.1 Å². The van der Waals surface area contributed by atoms with Gasteiger partial charge in [0.1, 0.15) is 0 Å². The summed E-state index contributed by atoms with van der Waals surface area (Å²) in [6.07, 6.45) is -0.522. The van der Waals surface area contributed by atoms with E-state index in [4.69, 9.17) is 10.8 Å². The summed E-state index contributed by atoms with van der Waals surface area (Å²) in [6.45, 7) is -0.0472. The van der Waals surface area contributed by atoms with Crippen molar-refractivity contribution in [2.45, 2.75) is 18.1 Å². The van der Waals surface area contributed by atoms with Gasteiger partial charge in [-0.3, -0.25) is 9.59 Å². The van der Waals surface area contributed by atoms with E-state index in [1.54, 1.807) is 0 Å². The lowest BCUT2D eigenvalue weighted by atomic mass is 10.3. The Morgan fingerprint density at radius 2 is 2.00 bits per heavy atom. The van der Waals surface area contributed by atoms with Crippen molar-refractivity contribution in [2.75, 3.05) is 19.4 Å². The van der Waals surface area contributed by atoms with E-state index in [0.717, 1.165) is 7.11 Å². The van der Waals surface area contributed by atoms with Gasteiger partial charge in [-0.05, 0) is 13.0 Å². The maximum Gasteiger partial charge on any atom is 0.321 e. The number of nitrogens with two attached hydrogens (primary N) is 1. The van der Waals surface area contributed by atoms with E-state index in [2.05, 4.69) is 4.74 Å². The zero-order valence-electron chi connectivity index (χ0n) is 8.88. The number of carbonyl (C=O) groups excluding carboxylic acids is 1. The van der Waals surface area contributed by atoms with Crippen LogP contribution in [0.5, 0.6) is 0 Å². The lowest BCUT2D eigenvalue weighted by molar-refractivity contribution is -0.140. The third-order valence-corrected chi connectivity index (χ3v) is 4.03. The van der Waals surface area contributed by atoms with Crippen LogP contribution in [0.15, 0.2) is 0 Å². The van der Waals surface area contributed by atoms with E-state index >= 15 is 0 Å². The van der Waals surface area contributed by atoms with Crippen LogP contribution in [0.1, 0.15) is 12.8 Å². The molecule has 0 saturated heterocycles. The average Bonchev–Trinajstić information content (AvgIpc) is 2.21. The van der Waals surface area contributed by atoms with Crippen molar-refractivity contribution in [1.82, 2.24) is 0 Å². The Hall–Kier alpha value is -1.15. The zero-order chi connectivity index (χ0) is 12.8. The minimum Gasteiger partial charge on any atom is -0.480 e. The quantitative estimate of drug-likeness (QED) is 0.544. The van der Waals surface area contributed by atoms with Crippen LogP contribution in [0.2, 0.25) is 0 Å². The molecule has 0 amide bonds. The van der Waals surface area contributed by atoms with Crippen LogP contribution in [0, 0.1) is 0 Å². The predicted octanol–water partition coefficient (Wildman–Crippen LogP) is -1.23. The molecule has 16 heavy (non-hydrogen) atoms. The molecule has 94 valence electrons. The Kier molecular flexibility index (Phi) is 5.97. The van der Waals surface area contributed by atoms with Gasteiger partial charge in [-0.1, -0.05) is 0 Å². The molecule has 0 heterocycles. The molecule has 0 aromatic carbocycles. The molecule has 0 radical (unpaired) electrons. The normalized spacial score (nSPS) is 13.1. The molecule has 8 heteroatoms. The molecule has 0 aliphatic carbocycles. The number of carbonyl (C=O) groups is 2. The monoisotopic (exact) mass is 253 g/mol. The largest absolute Gasteiger partial charge is 0.480 e. The Balaban J connectivity index is 4.61. The maximum atomic E-state index is 11.5. The van der Waals surface area contributed by atoms with Crippen LogP contribution >= 0.6 is 0 Å². The molecule has 1 atom stereocenters. The molecular weight excluding hydrogens is 238 g/mol. The Labute approximate surface area is 93.5 Å². The van der Waals surface area contributed by atoms with Gasteiger partial charge in [0.05, 0.1) is 19.3 Å². The standard InChI is InChI=1S/C8H15NO6S/c1-15-7(10)3-5-16(13,14)6(2-4-9)8(11)12/h6H,2-5,9H2,1H3,(H,11,12). The van der Waals surface area contributed by atoms with Gasteiger partial charge >= 0.3 is 11.9 Å². The first-order valence-corrected chi connectivity index (χ1v) is 6.28. The molecular formula is C8H15NO6S. The molecule has 0 spiro atoms. The summed E-state index contributed by atoms with van der Waals surface area (Å²) in [5.41, 5.74) is 5.13. The number of ether oxygens (including phenoxy) is 1. The van der Waals surface area contributed by atoms with Crippen LogP contribution in [0.25, 0.3) is 0 Å². The van der Waals surface area contributed by atoms with E-state index in [0.29, 0.717) is 0 Å². The molecule has 0 bridgehead atoms. The van der Waals surface area contributed by atoms with Gasteiger partial charge in [0.2, 0.25) is 0 Å². The first-order chi connectivity index (χ1) is 7.35. The third-order valence-electron chi connectivity index (χ3n) is 1.96. The molecule has 0 rings (SSSR count). The highest BCUT2D eigenvalue weighted by Gasteiger charge is 2.31. The molecule has 3 N–H and O–H groups in total. The molecule has 1 unspecified atom stereocenters. The van der Waals surface area contributed by atoms with E-state index < -0.39 is 32.8 Å². The predicted molar refractivity (Wildman–Crippen MR) is 55.5 cm³/mol. The van der Waals surface area contributed by atoms with Crippen molar-refractivity contribution in [3.05, 3.63) is 0 Å². The van der Waals surface area contributed by atoms with E-state index in [1.807, 2.05) is 0 Å². The van der Waals surface area contributed by atoms with E-state index in [9.17, 15) is 18.0 Å². The van der Waals surface area contributed by atoms with Crippen molar-refractivity contribution >= 4 is 21.8 Å². The summed E-state index contributed by atoms with van der Waals surface area (Å²) in [5.74, 6) is -2.69. The third kappa shape index (κ3) is 4.58. The maximum absolute atomic E-state index is 11.5. The summed E-state index contributed by atoms with van der Waals surface area (Å²) in [5, 5.41) is 7.16. The van der Waals surface area contributed by atoms with Gasteiger partial charge in [-0.15, -0.1) is 0 Å². The number of rotatable bonds is 7. The number of hydrogen-bond acceptors (Lipinski definition) is 6. The average molecular weight is 253 g/mol. The minimum atomic E-state index is -3.87. The van der Waals surface area contributed by atoms with Crippen LogP contribution < -0.4 is 5.73 Å². The molecule has 0 saturated carbocycles. The van der Waals surface area contributed by atoms with Crippen LogP contribution in [-0.2, 0) is 24.2 Å². The molecule has 0 aliphatic rings. The lowest BCUT2D eigenvalue weighted by Crippen LogP contribution is -2.34. The first-order valence-electron chi connectivity index (χ1n) is 4.56. The van der Waals surface area contributed by atoms with Gasteiger partial charge in [-0.2, -0.15) is 0 Å². The van der Waals surface area contributed by atoms with E-state index in [1.165, 1.54) is 0 Å². The smallest absolute Gasteiger partial charge is 0.321 e. The Morgan fingerprint density at radius 3 is 2.38 bits per heavy atom. The summed E-state index contributed by atoms with van der Waals surface area (Å²) >= 11 is 0. The number of hydrogen-bond donors (Lipinski definition) is 2. The van der Waals surface area contributed by atoms with Gasteiger partial charge in [0.25, 0.3) is 0 Å². The molecule has 0 fully saturated rings. The summed E-state index contributed by atoms with van der Waals surface area (Å²) in [7, 11) is -2.74. The number of sulfone groups is 1. The van der Waals surface area contributed by atoms with Crippen LogP contribution in [0.3, 0.4) is 0 Å². The van der Waals surface area contributed by atoms with Crippen molar-refractivity contribution in [3.63, 3.8) is 0 Å². The van der Waals surface area contributed by atoms with Crippen molar-refractivity contribution in [2.24, 2.45) is 5.73 Å². The van der Waals surface area contributed by atoms with E-state index in [-0.39, 0.29) is 19.4 Å². The summed E-state index contributed by atoms with van der Waals surface area (Å²) in [6, 6.07) is 0. The molecule has 0 aromatic heterocycles. The number of carboxylic acid groups (broad SMARTS) is 1. The molecule has 7 nitrogen and oxygen atoms in total. The minimum absolute atomic E-state index is 0.0472. The van der Waals surface area contributed by atoms with Gasteiger partial charge in [0, 0.05) is 0 Å². The van der Waals surface area contributed by atoms with Crippen molar-refractivity contribution < 1.29 is 27.9 Å². The lowest BCUT2D eigenvalue weighted by Gasteiger charge is -2.11. The first kappa shape index (κ1) is 14.8. The fraction of sp³-hybridized carbons (Fsp3) is 0.750. The van der Waals surface area contributed by atoms with Gasteiger partial charge < -0.3 is 15.6 Å². The summed E-state index contributed by atoms with van der Waals surface area (Å²) in [4.78, 5) is 21.4. The van der Waals surface area contributed by atoms with Gasteiger partial charge in [-0.25, -0.2) is 8.42 Å². The molecule has 0 aromatic rings. The second-order valence-corrected chi connectivity index (χ2v) is 5.40. The molecule has 0 aliphatic heterocycles. The number of aliphatic carboxylic acids is 1. The Bertz CT molecular complexity index is 350. The second kappa shape index (κ2) is 6.44. The highest BCUT2D eigenvalue weighted by atomic mass is 32.2. The highest BCUT2D eigenvalue weighted by molar-refractivity contribution is 7.92. The number of methoxy groups -OCH3 is 1. The SMILES string of the molecule is COC(=O)CCS(=O)(=O)C(CCN)C(=O)O.